The number of carbonyl (C=O) groups is 3. The highest BCUT2D eigenvalue weighted by atomic mass is 16.5. The Bertz CT molecular complexity index is 901. The van der Waals surface area contributed by atoms with Crippen molar-refractivity contribution in [3.05, 3.63) is 54.6 Å². The smallest absolute Gasteiger partial charge is 0.332 e. The molecule has 0 saturated carbocycles. The number of urea groups is 1. The number of amides is 4. The number of anilines is 2. The number of benzene rings is 2. The number of imide groups is 1. The van der Waals surface area contributed by atoms with E-state index in [-0.39, 0.29) is 25.5 Å². The van der Waals surface area contributed by atoms with Crippen molar-refractivity contribution >= 4 is 29.2 Å². The number of nitrogens with one attached hydrogen (secondary N) is 1. The minimum absolute atomic E-state index is 0.147. The molecule has 0 spiro atoms. The third-order valence-corrected chi connectivity index (χ3v) is 4.86. The molecule has 1 aliphatic rings. The maximum atomic E-state index is 13.0. The third-order valence-electron chi connectivity index (χ3n) is 4.86. The van der Waals surface area contributed by atoms with Crippen LogP contribution in [-0.2, 0) is 14.3 Å². The second kappa shape index (κ2) is 10.6. The van der Waals surface area contributed by atoms with E-state index in [0.29, 0.717) is 18.0 Å². The topological polar surface area (TPSA) is 88.2 Å². The van der Waals surface area contributed by atoms with Gasteiger partial charge in [-0.25, -0.2) is 9.69 Å². The highest BCUT2D eigenvalue weighted by molar-refractivity contribution is 6.22. The molecule has 8 nitrogen and oxygen atoms in total. The van der Waals surface area contributed by atoms with Gasteiger partial charge in [-0.3, -0.25) is 9.59 Å². The molecule has 1 N–H and O–H groups in total. The van der Waals surface area contributed by atoms with E-state index < -0.39 is 18.0 Å². The molecular formula is C23H27N3O5. The lowest BCUT2D eigenvalue weighted by Gasteiger charge is -2.21. The average molecular weight is 425 g/mol. The third kappa shape index (κ3) is 5.40. The van der Waals surface area contributed by atoms with Crippen molar-refractivity contribution in [2.75, 3.05) is 37.1 Å². The molecule has 0 aliphatic carbocycles. The minimum atomic E-state index is -0.894. The summed E-state index contributed by atoms with van der Waals surface area (Å²) in [5.74, 6) is -0.0582. The van der Waals surface area contributed by atoms with Crippen LogP contribution in [0.5, 0.6) is 5.75 Å². The summed E-state index contributed by atoms with van der Waals surface area (Å²) in [6.45, 7) is 3.13. The van der Waals surface area contributed by atoms with Crippen molar-refractivity contribution in [2.24, 2.45) is 0 Å². The van der Waals surface area contributed by atoms with Crippen molar-refractivity contribution in [1.29, 1.82) is 0 Å². The van der Waals surface area contributed by atoms with Gasteiger partial charge in [-0.2, -0.15) is 0 Å². The monoisotopic (exact) mass is 425 g/mol. The van der Waals surface area contributed by atoms with Gasteiger partial charge in [0.25, 0.3) is 5.91 Å². The SMILES string of the molecule is CCCOc1ccc(NC(=O)C[C@H]2C(=O)N(c3ccccc3)C(=O)N2CCOC)cc1. The Morgan fingerprint density at radius 2 is 1.74 bits per heavy atom. The van der Waals surface area contributed by atoms with Crippen LogP contribution in [0.3, 0.4) is 0 Å². The fourth-order valence-electron chi connectivity index (χ4n) is 3.33. The lowest BCUT2D eigenvalue weighted by atomic mass is 10.1. The standard InChI is InChI=1S/C23H27N3O5/c1-3-14-31-19-11-9-17(10-12-19)24-21(27)16-20-22(28)26(18-7-5-4-6-8-18)23(29)25(20)13-15-30-2/h4-12,20H,3,13-16H2,1-2H3,(H,24,27)/t20-/m0/s1. The molecule has 0 bridgehead atoms. The van der Waals surface area contributed by atoms with E-state index in [0.717, 1.165) is 17.1 Å². The molecule has 1 fully saturated rings. The number of methoxy groups -OCH3 is 1. The molecule has 31 heavy (non-hydrogen) atoms. The van der Waals surface area contributed by atoms with E-state index in [9.17, 15) is 14.4 Å². The summed E-state index contributed by atoms with van der Waals surface area (Å²) in [4.78, 5) is 41.1. The molecule has 3 rings (SSSR count). The van der Waals surface area contributed by atoms with Gasteiger partial charge in [-0.05, 0) is 42.8 Å². The number of ether oxygens (including phenoxy) is 2. The van der Waals surface area contributed by atoms with Gasteiger partial charge in [0, 0.05) is 19.3 Å². The fourth-order valence-corrected chi connectivity index (χ4v) is 3.33. The maximum Gasteiger partial charge on any atom is 0.332 e. The van der Waals surface area contributed by atoms with Crippen molar-refractivity contribution < 1.29 is 23.9 Å². The van der Waals surface area contributed by atoms with Crippen molar-refractivity contribution in [3.8, 4) is 5.75 Å². The van der Waals surface area contributed by atoms with Gasteiger partial charge in [0.1, 0.15) is 11.8 Å². The number of nitrogens with zero attached hydrogens (tertiary/aromatic N) is 2. The first kappa shape index (κ1) is 22.3. The number of hydrogen-bond acceptors (Lipinski definition) is 5. The Balaban J connectivity index is 1.70. The number of para-hydroxylation sites is 1. The zero-order valence-electron chi connectivity index (χ0n) is 17.7. The van der Waals surface area contributed by atoms with E-state index in [1.807, 2.05) is 6.92 Å². The zero-order chi connectivity index (χ0) is 22.2. The molecule has 2 aromatic carbocycles. The summed E-state index contributed by atoms with van der Waals surface area (Å²) < 4.78 is 10.6. The van der Waals surface area contributed by atoms with Crippen molar-refractivity contribution in [3.63, 3.8) is 0 Å². The highest BCUT2D eigenvalue weighted by Gasteiger charge is 2.46. The van der Waals surface area contributed by atoms with Gasteiger partial charge >= 0.3 is 6.03 Å². The van der Waals surface area contributed by atoms with Crippen LogP contribution in [0.25, 0.3) is 0 Å². The summed E-state index contributed by atoms with van der Waals surface area (Å²) in [6, 6.07) is 14.4. The second-order valence-electron chi connectivity index (χ2n) is 7.12. The van der Waals surface area contributed by atoms with Gasteiger partial charge < -0.3 is 19.7 Å². The van der Waals surface area contributed by atoms with E-state index in [4.69, 9.17) is 9.47 Å². The van der Waals surface area contributed by atoms with Crippen LogP contribution in [0.2, 0.25) is 0 Å². The predicted molar refractivity (Wildman–Crippen MR) is 117 cm³/mol. The van der Waals surface area contributed by atoms with Gasteiger partial charge in [0.2, 0.25) is 5.91 Å². The summed E-state index contributed by atoms with van der Waals surface area (Å²) in [7, 11) is 1.52. The molecule has 164 valence electrons. The molecular weight excluding hydrogens is 398 g/mol. The summed E-state index contributed by atoms with van der Waals surface area (Å²) in [6.07, 6.45) is 0.762. The van der Waals surface area contributed by atoms with E-state index in [1.54, 1.807) is 54.6 Å². The first-order chi connectivity index (χ1) is 15.0. The fraction of sp³-hybridized carbons (Fsp3) is 0.348. The van der Waals surface area contributed by atoms with Crippen LogP contribution in [0.4, 0.5) is 16.2 Å². The lowest BCUT2D eigenvalue weighted by Crippen LogP contribution is -2.39. The summed E-state index contributed by atoms with van der Waals surface area (Å²) in [5, 5.41) is 2.78. The highest BCUT2D eigenvalue weighted by Crippen LogP contribution is 2.27. The van der Waals surface area contributed by atoms with E-state index in [2.05, 4.69) is 5.32 Å². The Morgan fingerprint density at radius 3 is 2.39 bits per heavy atom. The molecule has 1 aliphatic heterocycles. The van der Waals surface area contributed by atoms with E-state index >= 15 is 0 Å². The molecule has 1 atom stereocenters. The van der Waals surface area contributed by atoms with Gasteiger partial charge in [0.05, 0.1) is 25.3 Å². The number of rotatable bonds is 10. The zero-order valence-corrected chi connectivity index (χ0v) is 17.7. The summed E-state index contributed by atoms with van der Waals surface area (Å²) >= 11 is 0. The number of carbonyl (C=O) groups excluding carboxylic acids is 3. The first-order valence-corrected chi connectivity index (χ1v) is 10.3. The van der Waals surface area contributed by atoms with Crippen LogP contribution >= 0.6 is 0 Å². The first-order valence-electron chi connectivity index (χ1n) is 10.3. The van der Waals surface area contributed by atoms with Crippen LogP contribution < -0.4 is 15.0 Å². The van der Waals surface area contributed by atoms with Crippen LogP contribution in [0.1, 0.15) is 19.8 Å². The molecule has 0 radical (unpaired) electrons. The van der Waals surface area contributed by atoms with Crippen LogP contribution in [0, 0.1) is 0 Å². The van der Waals surface area contributed by atoms with Crippen molar-refractivity contribution in [1.82, 2.24) is 4.90 Å². The Kier molecular flexibility index (Phi) is 7.61. The Morgan fingerprint density at radius 1 is 1.03 bits per heavy atom. The Labute approximate surface area is 181 Å². The predicted octanol–water partition coefficient (Wildman–Crippen LogP) is 3.29. The van der Waals surface area contributed by atoms with Gasteiger partial charge in [-0.15, -0.1) is 0 Å². The molecule has 8 heteroatoms. The molecule has 0 aromatic heterocycles. The number of hydrogen-bond donors (Lipinski definition) is 1. The van der Waals surface area contributed by atoms with Gasteiger partial charge in [0.15, 0.2) is 0 Å². The largest absolute Gasteiger partial charge is 0.494 e. The lowest BCUT2D eigenvalue weighted by molar-refractivity contribution is -0.124. The molecule has 0 unspecified atom stereocenters. The quantitative estimate of drug-likeness (QED) is 0.590. The van der Waals surface area contributed by atoms with E-state index in [1.165, 1.54) is 12.0 Å². The van der Waals surface area contributed by atoms with Crippen LogP contribution in [0.15, 0.2) is 54.6 Å². The molecule has 1 saturated heterocycles. The maximum absolute atomic E-state index is 13.0. The molecule has 1 heterocycles. The normalized spacial score (nSPS) is 16.0. The average Bonchev–Trinajstić information content (AvgIpc) is 3.01. The van der Waals surface area contributed by atoms with Gasteiger partial charge in [-0.1, -0.05) is 25.1 Å². The molecule has 2 aromatic rings. The Hall–Kier alpha value is -3.39. The van der Waals surface area contributed by atoms with Crippen LogP contribution in [-0.4, -0.2) is 55.7 Å². The minimum Gasteiger partial charge on any atom is -0.494 e. The molecule has 4 amide bonds. The van der Waals surface area contributed by atoms with Crippen molar-refractivity contribution in [2.45, 2.75) is 25.8 Å². The summed E-state index contributed by atoms with van der Waals surface area (Å²) in [5.41, 5.74) is 1.07. The second-order valence-corrected chi connectivity index (χ2v) is 7.12.